The predicted molar refractivity (Wildman–Crippen MR) is 51.1 cm³/mol. The molecule has 0 fully saturated rings. The van der Waals surface area contributed by atoms with Crippen LogP contribution in [0.4, 0.5) is 0 Å². The molecule has 1 aromatic carbocycles. The topological polar surface area (TPSA) is 54.4 Å². The van der Waals surface area contributed by atoms with Gasteiger partial charge in [0.25, 0.3) is 0 Å². The molecular weight excluding hydrogens is 204 g/mol. The van der Waals surface area contributed by atoms with E-state index in [4.69, 9.17) is 16.7 Å². The second kappa shape index (κ2) is 3.10. The number of ketones is 1. The molecule has 0 radical (unpaired) electrons. The lowest BCUT2D eigenvalue weighted by molar-refractivity contribution is 0.0692. The van der Waals surface area contributed by atoms with E-state index in [0.29, 0.717) is 29.0 Å². The van der Waals surface area contributed by atoms with Crippen molar-refractivity contribution in [2.75, 3.05) is 0 Å². The molecule has 0 spiro atoms. The fourth-order valence-electron chi connectivity index (χ4n) is 1.73. The van der Waals surface area contributed by atoms with Crippen LogP contribution in [0.15, 0.2) is 12.1 Å². The number of carboxylic acid groups (broad SMARTS) is 1. The fourth-order valence-corrected chi connectivity index (χ4v) is 1.98. The molecule has 2 rings (SSSR count). The van der Waals surface area contributed by atoms with Gasteiger partial charge in [0.05, 0.1) is 5.56 Å². The Morgan fingerprint density at radius 1 is 1.36 bits per heavy atom. The van der Waals surface area contributed by atoms with Gasteiger partial charge in [0.1, 0.15) is 0 Å². The van der Waals surface area contributed by atoms with E-state index in [2.05, 4.69) is 0 Å². The highest BCUT2D eigenvalue weighted by molar-refractivity contribution is 6.32. The van der Waals surface area contributed by atoms with E-state index in [0.717, 1.165) is 0 Å². The molecule has 0 amide bonds. The maximum absolute atomic E-state index is 11.4. The van der Waals surface area contributed by atoms with Gasteiger partial charge < -0.3 is 5.11 Å². The highest BCUT2D eigenvalue weighted by Crippen LogP contribution is 2.31. The molecule has 3 nitrogen and oxygen atoms in total. The Bertz CT molecular complexity index is 437. The summed E-state index contributed by atoms with van der Waals surface area (Å²) in [5.41, 5.74) is 1.04. The summed E-state index contributed by atoms with van der Waals surface area (Å²) >= 11 is 5.87. The Hall–Kier alpha value is -1.35. The Morgan fingerprint density at radius 3 is 2.71 bits per heavy atom. The van der Waals surface area contributed by atoms with Crippen LogP contribution < -0.4 is 0 Å². The maximum Gasteiger partial charge on any atom is 0.336 e. The van der Waals surface area contributed by atoms with E-state index in [-0.39, 0.29) is 11.3 Å². The average molecular weight is 211 g/mol. The van der Waals surface area contributed by atoms with Gasteiger partial charge in [-0.3, -0.25) is 4.79 Å². The summed E-state index contributed by atoms with van der Waals surface area (Å²) < 4.78 is 0. The third kappa shape index (κ3) is 1.21. The van der Waals surface area contributed by atoms with Gasteiger partial charge in [-0.2, -0.15) is 0 Å². The molecule has 1 aromatic rings. The molecule has 0 heterocycles. The number of carbonyl (C=O) groups excluding carboxylic acids is 1. The second-order valence-corrected chi connectivity index (χ2v) is 3.58. The van der Waals surface area contributed by atoms with Crippen molar-refractivity contribution in [3.63, 3.8) is 0 Å². The summed E-state index contributed by atoms with van der Waals surface area (Å²) in [5.74, 6) is -1.20. The molecule has 1 N–H and O–H groups in total. The van der Waals surface area contributed by atoms with Gasteiger partial charge in [0.15, 0.2) is 5.78 Å². The molecule has 1 aliphatic rings. The van der Waals surface area contributed by atoms with Crippen molar-refractivity contribution in [1.29, 1.82) is 0 Å². The van der Waals surface area contributed by atoms with Crippen LogP contribution in [0.2, 0.25) is 5.02 Å². The molecule has 0 aliphatic heterocycles. The van der Waals surface area contributed by atoms with Gasteiger partial charge in [-0.15, -0.1) is 0 Å². The minimum Gasteiger partial charge on any atom is -0.478 e. The van der Waals surface area contributed by atoms with Crippen LogP contribution in [0.3, 0.4) is 0 Å². The lowest BCUT2D eigenvalue weighted by Crippen LogP contribution is -2.05. The first-order valence-corrected chi connectivity index (χ1v) is 4.57. The molecule has 0 saturated heterocycles. The van der Waals surface area contributed by atoms with Gasteiger partial charge in [-0.25, -0.2) is 4.79 Å². The number of rotatable bonds is 1. The molecule has 0 aromatic heterocycles. The Kier molecular flexibility index (Phi) is 2.04. The zero-order valence-corrected chi connectivity index (χ0v) is 7.97. The molecule has 0 unspecified atom stereocenters. The predicted octanol–water partition coefficient (Wildman–Crippen LogP) is 2.17. The van der Waals surface area contributed by atoms with Crippen LogP contribution in [0.5, 0.6) is 0 Å². The van der Waals surface area contributed by atoms with Crippen molar-refractivity contribution in [3.8, 4) is 0 Å². The highest BCUT2D eigenvalue weighted by Gasteiger charge is 2.27. The van der Waals surface area contributed by atoms with Crippen molar-refractivity contribution in [3.05, 3.63) is 33.8 Å². The van der Waals surface area contributed by atoms with Crippen molar-refractivity contribution < 1.29 is 14.7 Å². The third-order valence-corrected chi connectivity index (χ3v) is 2.72. The van der Waals surface area contributed by atoms with Crippen molar-refractivity contribution in [2.24, 2.45) is 0 Å². The number of benzene rings is 1. The SMILES string of the molecule is O=C(O)c1ccc(Cl)c2c1C(=O)CC2. The second-order valence-electron chi connectivity index (χ2n) is 3.18. The standard InChI is InChI=1S/C10H7ClO3/c11-7-3-1-6(10(13)14)9-5(7)2-4-8(9)12/h1,3H,2,4H2,(H,13,14). The summed E-state index contributed by atoms with van der Waals surface area (Å²) in [7, 11) is 0. The minimum atomic E-state index is -1.08. The lowest BCUT2D eigenvalue weighted by Gasteiger charge is -2.04. The quantitative estimate of drug-likeness (QED) is 0.773. The average Bonchev–Trinajstić information content (AvgIpc) is 2.50. The summed E-state index contributed by atoms with van der Waals surface area (Å²) in [6, 6.07) is 2.91. The Balaban J connectivity index is 2.72. The zero-order valence-electron chi connectivity index (χ0n) is 7.21. The number of hydrogen-bond acceptors (Lipinski definition) is 2. The lowest BCUT2D eigenvalue weighted by atomic mass is 10.0. The van der Waals surface area contributed by atoms with Gasteiger partial charge >= 0.3 is 5.97 Å². The summed E-state index contributed by atoms with van der Waals surface area (Å²) in [6.07, 6.45) is 0.910. The molecule has 1 aliphatic carbocycles. The highest BCUT2D eigenvalue weighted by atomic mass is 35.5. The maximum atomic E-state index is 11.4. The minimum absolute atomic E-state index is 0.0619. The first kappa shape index (κ1) is 9.21. The molecule has 0 bridgehead atoms. The largest absolute Gasteiger partial charge is 0.478 e. The van der Waals surface area contributed by atoms with Crippen LogP contribution >= 0.6 is 11.6 Å². The van der Waals surface area contributed by atoms with Crippen molar-refractivity contribution >= 4 is 23.4 Å². The molecule has 4 heteroatoms. The number of hydrogen-bond donors (Lipinski definition) is 1. The molecular formula is C10H7ClO3. The number of aromatic carboxylic acids is 1. The van der Waals surface area contributed by atoms with Crippen LogP contribution in [0, 0.1) is 0 Å². The van der Waals surface area contributed by atoms with Crippen LogP contribution in [-0.2, 0) is 6.42 Å². The van der Waals surface area contributed by atoms with Gasteiger partial charge in [-0.05, 0) is 24.1 Å². The molecule has 0 atom stereocenters. The van der Waals surface area contributed by atoms with E-state index in [1.54, 1.807) is 0 Å². The van der Waals surface area contributed by atoms with Crippen LogP contribution in [0.25, 0.3) is 0 Å². The summed E-state index contributed by atoms with van der Waals surface area (Å²) in [6.45, 7) is 0. The van der Waals surface area contributed by atoms with E-state index in [1.807, 2.05) is 0 Å². The molecule has 14 heavy (non-hydrogen) atoms. The summed E-state index contributed by atoms with van der Waals surface area (Å²) in [4.78, 5) is 22.2. The van der Waals surface area contributed by atoms with E-state index in [1.165, 1.54) is 12.1 Å². The van der Waals surface area contributed by atoms with Crippen LogP contribution in [0.1, 0.15) is 32.7 Å². The van der Waals surface area contributed by atoms with Crippen LogP contribution in [-0.4, -0.2) is 16.9 Å². The molecule has 72 valence electrons. The Morgan fingerprint density at radius 2 is 2.07 bits per heavy atom. The number of Topliss-reactive ketones (excluding diaryl/α,β-unsaturated/α-hetero) is 1. The first-order chi connectivity index (χ1) is 6.61. The fraction of sp³-hybridized carbons (Fsp3) is 0.200. The number of carboxylic acids is 1. The van der Waals surface area contributed by atoms with E-state index < -0.39 is 5.97 Å². The van der Waals surface area contributed by atoms with E-state index in [9.17, 15) is 9.59 Å². The monoisotopic (exact) mass is 210 g/mol. The zero-order chi connectivity index (χ0) is 10.3. The van der Waals surface area contributed by atoms with Gasteiger partial charge in [0.2, 0.25) is 0 Å². The smallest absolute Gasteiger partial charge is 0.336 e. The molecule has 0 saturated carbocycles. The van der Waals surface area contributed by atoms with E-state index >= 15 is 0 Å². The first-order valence-electron chi connectivity index (χ1n) is 4.19. The van der Waals surface area contributed by atoms with Crippen molar-refractivity contribution in [2.45, 2.75) is 12.8 Å². The normalized spacial score (nSPS) is 14.2. The summed E-state index contributed by atoms with van der Waals surface area (Å²) in [5, 5.41) is 9.34. The third-order valence-electron chi connectivity index (χ3n) is 2.37. The van der Waals surface area contributed by atoms with Gasteiger partial charge in [0, 0.05) is 17.0 Å². The van der Waals surface area contributed by atoms with Crippen molar-refractivity contribution in [1.82, 2.24) is 0 Å². The number of halogens is 1. The number of carbonyl (C=O) groups is 2. The van der Waals surface area contributed by atoms with Gasteiger partial charge in [-0.1, -0.05) is 11.6 Å². The Labute approximate surface area is 85.3 Å². The number of fused-ring (bicyclic) bond motifs is 1.